The van der Waals surface area contributed by atoms with Crippen molar-refractivity contribution in [3.63, 3.8) is 0 Å². The van der Waals surface area contributed by atoms with Gasteiger partial charge in [-0.15, -0.1) is 0 Å². The molecule has 7 heteroatoms. The van der Waals surface area contributed by atoms with Crippen LogP contribution in [0, 0.1) is 11.3 Å². The summed E-state index contributed by atoms with van der Waals surface area (Å²) in [5, 5.41) is 0. The van der Waals surface area contributed by atoms with Crippen LogP contribution in [0.15, 0.2) is 32.9 Å². The third-order valence-electron chi connectivity index (χ3n) is 5.73. The van der Waals surface area contributed by atoms with Crippen LogP contribution in [0.5, 0.6) is 11.5 Å². The molecule has 6 nitrogen and oxygen atoms in total. The number of rotatable bonds is 3. The minimum absolute atomic E-state index is 0.0365. The molecule has 0 fully saturated rings. The van der Waals surface area contributed by atoms with Crippen LogP contribution in [0.1, 0.15) is 58.9 Å². The fourth-order valence-corrected chi connectivity index (χ4v) is 5.13. The maximum Gasteiger partial charge on any atom is 0.315 e. The van der Waals surface area contributed by atoms with Gasteiger partial charge in [-0.25, -0.2) is 0 Å². The highest BCUT2D eigenvalue weighted by Crippen LogP contribution is 2.51. The molecule has 0 N–H and O–H groups in total. The summed E-state index contributed by atoms with van der Waals surface area (Å²) in [5.41, 5.74) is 2.70. The number of carbonyl (C=O) groups excluding carboxylic acids is 2. The predicted molar refractivity (Wildman–Crippen MR) is 116 cm³/mol. The normalized spacial score (nSPS) is 24.6. The van der Waals surface area contributed by atoms with Crippen molar-refractivity contribution in [2.45, 2.75) is 59.5 Å². The topological polar surface area (TPSA) is 74.2 Å². The number of benzene rings is 1. The number of nitrogens with zero attached hydrogens (tertiary/aromatic N) is 1. The van der Waals surface area contributed by atoms with Crippen molar-refractivity contribution < 1.29 is 23.8 Å². The predicted octanol–water partition coefficient (Wildman–Crippen LogP) is 4.95. The molecule has 0 aromatic heterocycles. The molecular formula is C23H26BrNO5. The number of ketones is 1. The first kappa shape index (κ1) is 21.1. The second-order valence-corrected chi connectivity index (χ2v) is 10.1. The molecule has 2 heterocycles. The lowest BCUT2D eigenvalue weighted by Gasteiger charge is -2.39. The van der Waals surface area contributed by atoms with E-state index in [9.17, 15) is 9.59 Å². The number of ether oxygens (including phenoxy) is 3. The molecule has 0 bridgehead atoms. The molecule has 0 spiro atoms. The standard InChI is InChI=1S/C23H26BrNO5/c1-11(2)30-22(27)19-12(3)25-15-8-23(4,5)9-16(26)21(15)20(19)13-6-17-18(7-14(13)24)29-10-28-17/h6-7,11,19-20H,8-10H2,1-5H3/t19?,20-/m1/s1. The first-order valence-corrected chi connectivity index (χ1v) is 11.0. The average Bonchev–Trinajstić information content (AvgIpc) is 3.04. The quantitative estimate of drug-likeness (QED) is 0.578. The van der Waals surface area contributed by atoms with Gasteiger partial charge in [0.1, 0.15) is 5.92 Å². The van der Waals surface area contributed by atoms with Gasteiger partial charge in [0.2, 0.25) is 6.79 Å². The van der Waals surface area contributed by atoms with Crippen LogP contribution < -0.4 is 9.47 Å². The molecule has 2 aliphatic heterocycles. The third kappa shape index (κ3) is 3.68. The lowest BCUT2D eigenvalue weighted by molar-refractivity contribution is -0.150. The Morgan fingerprint density at radius 3 is 2.57 bits per heavy atom. The van der Waals surface area contributed by atoms with Crippen LogP contribution in [-0.4, -0.2) is 30.4 Å². The zero-order valence-electron chi connectivity index (χ0n) is 17.9. The lowest BCUT2D eigenvalue weighted by atomic mass is 9.67. The number of allylic oxidation sites excluding steroid dienone is 2. The van der Waals surface area contributed by atoms with Crippen molar-refractivity contribution in [1.82, 2.24) is 0 Å². The molecule has 2 atom stereocenters. The molecule has 1 aromatic carbocycles. The molecule has 0 amide bonds. The highest BCUT2D eigenvalue weighted by Gasteiger charge is 2.47. The molecule has 0 radical (unpaired) electrons. The minimum atomic E-state index is -0.673. The number of Topliss-reactive ketones (excluding diaryl/α,β-unsaturated/α-hetero) is 1. The van der Waals surface area contributed by atoms with Gasteiger partial charge in [0, 0.05) is 33.8 Å². The van der Waals surface area contributed by atoms with E-state index in [2.05, 4.69) is 29.8 Å². The number of aliphatic imine (C=N–C) groups is 1. The van der Waals surface area contributed by atoms with E-state index in [1.54, 1.807) is 0 Å². The fraction of sp³-hybridized carbons (Fsp3) is 0.522. The van der Waals surface area contributed by atoms with E-state index >= 15 is 0 Å². The van der Waals surface area contributed by atoms with E-state index in [1.165, 1.54) is 0 Å². The highest BCUT2D eigenvalue weighted by atomic mass is 79.9. The van der Waals surface area contributed by atoms with Gasteiger partial charge in [-0.1, -0.05) is 29.8 Å². The largest absolute Gasteiger partial charge is 0.462 e. The Morgan fingerprint density at radius 1 is 1.23 bits per heavy atom. The Morgan fingerprint density at radius 2 is 1.90 bits per heavy atom. The van der Waals surface area contributed by atoms with Gasteiger partial charge in [-0.2, -0.15) is 0 Å². The van der Waals surface area contributed by atoms with Crippen molar-refractivity contribution in [2.75, 3.05) is 6.79 Å². The molecule has 4 rings (SSSR count). The van der Waals surface area contributed by atoms with Crippen LogP contribution >= 0.6 is 15.9 Å². The van der Waals surface area contributed by atoms with Gasteiger partial charge in [0.15, 0.2) is 17.3 Å². The summed E-state index contributed by atoms with van der Waals surface area (Å²) in [7, 11) is 0. The number of fused-ring (bicyclic) bond motifs is 1. The summed E-state index contributed by atoms with van der Waals surface area (Å²) in [6.07, 6.45) is 0.851. The first-order chi connectivity index (χ1) is 14.1. The maximum absolute atomic E-state index is 13.3. The van der Waals surface area contributed by atoms with Crippen molar-refractivity contribution in [3.05, 3.63) is 33.4 Å². The molecule has 30 heavy (non-hydrogen) atoms. The number of carbonyl (C=O) groups is 2. The first-order valence-electron chi connectivity index (χ1n) is 10.2. The second-order valence-electron chi connectivity index (χ2n) is 9.22. The van der Waals surface area contributed by atoms with E-state index in [0.29, 0.717) is 35.6 Å². The molecular weight excluding hydrogens is 450 g/mol. The van der Waals surface area contributed by atoms with Gasteiger partial charge in [0.25, 0.3) is 0 Å². The Bertz CT molecular complexity index is 992. The van der Waals surface area contributed by atoms with Crippen LogP contribution in [-0.2, 0) is 14.3 Å². The van der Waals surface area contributed by atoms with Crippen LogP contribution in [0.4, 0.5) is 0 Å². The van der Waals surface area contributed by atoms with Gasteiger partial charge in [0.05, 0.1) is 6.10 Å². The van der Waals surface area contributed by atoms with Crippen LogP contribution in [0.3, 0.4) is 0 Å². The molecule has 0 saturated carbocycles. The van der Waals surface area contributed by atoms with Gasteiger partial charge in [-0.3, -0.25) is 14.6 Å². The van der Waals surface area contributed by atoms with Crippen LogP contribution in [0.25, 0.3) is 0 Å². The fourth-order valence-electron chi connectivity index (χ4n) is 4.56. The summed E-state index contributed by atoms with van der Waals surface area (Å²) in [5.74, 6) is -0.253. The van der Waals surface area contributed by atoms with Gasteiger partial charge >= 0.3 is 5.97 Å². The zero-order chi connectivity index (χ0) is 21.8. The van der Waals surface area contributed by atoms with Crippen molar-refractivity contribution in [2.24, 2.45) is 16.3 Å². The van der Waals surface area contributed by atoms with E-state index in [1.807, 2.05) is 32.9 Å². The SMILES string of the molecule is CC1=NC2=C(C(=O)CC(C)(C)C2)[C@H](c2cc3c(cc2Br)OCO3)C1C(=O)OC(C)C. The number of hydrogen-bond acceptors (Lipinski definition) is 6. The number of hydrogen-bond donors (Lipinski definition) is 0. The lowest BCUT2D eigenvalue weighted by Crippen LogP contribution is -2.40. The van der Waals surface area contributed by atoms with Crippen molar-refractivity contribution in [3.8, 4) is 11.5 Å². The highest BCUT2D eigenvalue weighted by molar-refractivity contribution is 9.10. The van der Waals surface area contributed by atoms with E-state index in [0.717, 1.165) is 15.7 Å². The van der Waals surface area contributed by atoms with Crippen molar-refractivity contribution >= 4 is 33.4 Å². The molecule has 1 aromatic rings. The van der Waals surface area contributed by atoms with E-state index in [4.69, 9.17) is 19.2 Å². The summed E-state index contributed by atoms with van der Waals surface area (Å²) in [4.78, 5) is 31.2. The van der Waals surface area contributed by atoms with E-state index < -0.39 is 11.8 Å². The zero-order valence-corrected chi connectivity index (χ0v) is 19.5. The van der Waals surface area contributed by atoms with Gasteiger partial charge < -0.3 is 14.2 Å². The van der Waals surface area contributed by atoms with Gasteiger partial charge in [-0.05, 0) is 50.3 Å². The summed E-state index contributed by atoms with van der Waals surface area (Å²) in [6, 6.07) is 3.70. The van der Waals surface area contributed by atoms with Crippen LogP contribution in [0.2, 0.25) is 0 Å². The Hall–Kier alpha value is -2.15. The summed E-state index contributed by atoms with van der Waals surface area (Å²) < 4.78 is 17.4. The second kappa shape index (κ2) is 7.52. The molecule has 1 unspecified atom stereocenters. The molecule has 3 aliphatic rings. The average molecular weight is 476 g/mol. The monoisotopic (exact) mass is 475 g/mol. The molecule has 0 saturated heterocycles. The Labute approximate surface area is 184 Å². The molecule has 1 aliphatic carbocycles. The summed E-state index contributed by atoms with van der Waals surface area (Å²) in [6.45, 7) is 9.77. The number of halogens is 1. The smallest absolute Gasteiger partial charge is 0.315 e. The van der Waals surface area contributed by atoms with E-state index in [-0.39, 0.29) is 30.1 Å². The van der Waals surface area contributed by atoms with Crippen molar-refractivity contribution in [1.29, 1.82) is 0 Å². The summed E-state index contributed by atoms with van der Waals surface area (Å²) >= 11 is 3.63. The number of esters is 1. The molecule has 160 valence electrons. The third-order valence-corrected chi connectivity index (χ3v) is 6.42. The Balaban J connectivity index is 1.90. The minimum Gasteiger partial charge on any atom is -0.462 e. The Kier molecular flexibility index (Phi) is 5.29. The maximum atomic E-state index is 13.3.